The van der Waals surface area contributed by atoms with E-state index >= 15 is 0 Å². The minimum atomic E-state index is -3.75. The van der Waals surface area contributed by atoms with Crippen molar-refractivity contribution in [2.45, 2.75) is 29.8 Å². The molecule has 0 amide bonds. The number of piperazine rings is 1. The van der Waals surface area contributed by atoms with Crippen LogP contribution in [0.4, 0.5) is 5.69 Å². The second-order valence-electron chi connectivity index (χ2n) is 7.02. The summed E-state index contributed by atoms with van der Waals surface area (Å²) in [4.78, 5) is 12.8. The Morgan fingerprint density at radius 3 is 2.22 bits per heavy atom. The van der Waals surface area contributed by atoms with Gasteiger partial charge in [-0.3, -0.25) is 15.0 Å². The molecule has 1 saturated carbocycles. The molecule has 0 spiro atoms. The highest BCUT2D eigenvalue weighted by molar-refractivity contribution is 7.89. The minimum Gasteiger partial charge on any atom is -0.297 e. The highest BCUT2D eigenvalue weighted by atomic mass is 32.2. The molecule has 0 aromatic heterocycles. The monoisotopic (exact) mass is 387 g/mol. The molecular weight excluding hydrogens is 366 g/mol. The number of nitro groups is 1. The largest absolute Gasteiger partial charge is 0.297 e. The van der Waals surface area contributed by atoms with Crippen LogP contribution >= 0.6 is 0 Å². The van der Waals surface area contributed by atoms with Gasteiger partial charge < -0.3 is 0 Å². The van der Waals surface area contributed by atoms with Crippen molar-refractivity contribution < 1.29 is 13.3 Å². The summed E-state index contributed by atoms with van der Waals surface area (Å²) in [6, 6.07) is 15.1. The van der Waals surface area contributed by atoms with E-state index in [1.165, 1.54) is 37.1 Å². The van der Waals surface area contributed by atoms with Gasteiger partial charge in [0.15, 0.2) is 0 Å². The quantitative estimate of drug-likeness (QED) is 0.582. The van der Waals surface area contributed by atoms with Gasteiger partial charge in [-0.25, -0.2) is 8.42 Å². The van der Waals surface area contributed by atoms with Crippen LogP contribution in [0.25, 0.3) is 0 Å². The first-order chi connectivity index (χ1) is 13.0. The summed E-state index contributed by atoms with van der Waals surface area (Å²) in [7, 11) is -3.75. The van der Waals surface area contributed by atoms with E-state index in [0.29, 0.717) is 25.7 Å². The van der Waals surface area contributed by atoms with Gasteiger partial charge in [-0.2, -0.15) is 4.31 Å². The zero-order chi connectivity index (χ0) is 19.0. The van der Waals surface area contributed by atoms with Crippen LogP contribution < -0.4 is 0 Å². The van der Waals surface area contributed by atoms with Crippen LogP contribution in [0.5, 0.6) is 0 Å². The second-order valence-corrected chi connectivity index (χ2v) is 8.91. The zero-order valence-corrected chi connectivity index (χ0v) is 15.6. The molecule has 2 aromatic rings. The summed E-state index contributed by atoms with van der Waals surface area (Å²) < 4.78 is 28.1. The number of rotatable bonds is 5. The van der Waals surface area contributed by atoms with Crippen LogP contribution in [0, 0.1) is 10.1 Å². The highest BCUT2D eigenvalue weighted by Gasteiger charge is 2.41. The summed E-state index contributed by atoms with van der Waals surface area (Å²) in [6.07, 6.45) is 2.35. The predicted octanol–water partition coefficient (Wildman–Crippen LogP) is 2.80. The molecule has 2 aromatic carbocycles. The van der Waals surface area contributed by atoms with Gasteiger partial charge in [-0.15, -0.1) is 0 Å². The van der Waals surface area contributed by atoms with Crippen molar-refractivity contribution >= 4 is 15.7 Å². The molecule has 1 heterocycles. The van der Waals surface area contributed by atoms with E-state index < -0.39 is 14.9 Å². The van der Waals surface area contributed by atoms with Crippen LogP contribution in [0.2, 0.25) is 0 Å². The number of non-ortho nitro benzene ring substituents is 1. The van der Waals surface area contributed by atoms with Crippen molar-refractivity contribution in [1.29, 1.82) is 0 Å². The molecule has 0 bridgehead atoms. The lowest BCUT2D eigenvalue weighted by molar-refractivity contribution is -0.384. The number of hydrogen-bond donors (Lipinski definition) is 0. The summed E-state index contributed by atoms with van der Waals surface area (Å²) in [5.41, 5.74) is 0.848. The third-order valence-electron chi connectivity index (χ3n) is 5.26. The molecule has 7 nitrogen and oxygen atoms in total. The molecule has 1 unspecified atom stereocenters. The minimum absolute atomic E-state index is 0.0916. The first-order valence-electron chi connectivity index (χ1n) is 9.02. The molecule has 142 valence electrons. The molecule has 0 N–H and O–H groups in total. The smallest absolute Gasteiger partial charge is 0.269 e. The van der Waals surface area contributed by atoms with E-state index in [1.807, 2.05) is 30.3 Å². The first kappa shape index (κ1) is 18.1. The van der Waals surface area contributed by atoms with E-state index in [0.717, 1.165) is 5.56 Å². The number of hydrogen-bond acceptors (Lipinski definition) is 5. The highest BCUT2D eigenvalue weighted by Crippen LogP contribution is 2.36. The van der Waals surface area contributed by atoms with E-state index in [-0.39, 0.29) is 16.6 Å². The van der Waals surface area contributed by atoms with Crippen molar-refractivity contribution in [2.24, 2.45) is 0 Å². The van der Waals surface area contributed by atoms with Gasteiger partial charge in [0.1, 0.15) is 0 Å². The van der Waals surface area contributed by atoms with Crippen LogP contribution in [0.15, 0.2) is 59.5 Å². The molecule has 4 rings (SSSR count). The van der Waals surface area contributed by atoms with E-state index in [2.05, 4.69) is 4.90 Å². The fourth-order valence-corrected chi connectivity index (χ4v) is 5.26. The number of benzene rings is 2. The fourth-order valence-electron chi connectivity index (χ4n) is 3.67. The van der Waals surface area contributed by atoms with E-state index in [1.54, 1.807) is 4.31 Å². The van der Waals surface area contributed by atoms with Gasteiger partial charge in [-0.05, 0) is 30.5 Å². The summed E-state index contributed by atoms with van der Waals surface area (Å²) in [5.74, 6) is 0. The van der Waals surface area contributed by atoms with Gasteiger partial charge in [0, 0.05) is 37.8 Å². The van der Waals surface area contributed by atoms with Gasteiger partial charge in [0.05, 0.1) is 15.9 Å². The lowest BCUT2D eigenvalue weighted by Gasteiger charge is -2.41. The fraction of sp³-hybridized carbons (Fsp3) is 0.368. The molecule has 1 aliphatic heterocycles. The Bertz CT molecular complexity index is 927. The number of nitrogens with zero attached hydrogens (tertiary/aromatic N) is 3. The Kier molecular flexibility index (Phi) is 4.71. The number of nitro benzene ring substituents is 1. The summed E-state index contributed by atoms with van der Waals surface area (Å²) >= 11 is 0. The molecule has 2 aliphatic rings. The Morgan fingerprint density at radius 1 is 0.963 bits per heavy atom. The van der Waals surface area contributed by atoms with Gasteiger partial charge in [0.25, 0.3) is 5.69 Å². The SMILES string of the molecule is O=[N+]([O-])c1ccc(S(=O)(=O)N2CCN(C3CC3)CC2c2ccccc2)cc1. The van der Waals surface area contributed by atoms with E-state index in [4.69, 9.17) is 0 Å². The molecule has 0 radical (unpaired) electrons. The van der Waals surface area contributed by atoms with Crippen LogP contribution in [0.3, 0.4) is 0 Å². The van der Waals surface area contributed by atoms with Crippen LogP contribution in [0.1, 0.15) is 24.4 Å². The molecule has 8 heteroatoms. The Hall–Kier alpha value is -2.29. The zero-order valence-electron chi connectivity index (χ0n) is 14.8. The van der Waals surface area contributed by atoms with Crippen molar-refractivity contribution in [3.63, 3.8) is 0 Å². The maximum atomic E-state index is 13.3. The maximum Gasteiger partial charge on any atom is 0.269 e. The standard InChI is InChI=1S/C19H21N3O4S/c23-22(24)17-8-10-18(11-9-17)27(25,26)21-13-12-20(16-6-7-16)14-19(21)15-4-2-1-3-5-15/h1-5,8-11,16,19H,6-7,12-14H2. The average Bonchev–Trinajstić information content (AvgIpc) is 3.53. The van der Waals surface area contributed by atoms with Crippen molar-refractivity contribution in [2.75, 3.05) is 19.6 Å². The lowest BCUT2D eigenvalue weighted by atomic mass is 10.0. The van der Waals surface area contributed by atoms with Crippen molar-refractivity contribution in [3.8, 4) is 0 Å². The first-order valence-corrected chi connectivity index (χ1v) is 10.5. The van der Waals surface area contributed by atoms with Gasteiger partial charge >= 0.3 is 0 Å². The third kappa shape index (κ3) is 3.60. The van der Waals surface area contributed by atoms with Crippen molar-refractivity contribution in [1.82, 2.24) is 9.21 Å². The lowest BCUT2D eigenvalue weighted by Crippen LogP contribution is -2.51. The molecule has 2 fully saturated rings. The summed E-state index contributed by atoms with van der Waals surface area (Å²) in [6.45, 7) is 1.79. The Labute approximate surface area is 158 Å². The Morgan fingerprint density at radius 2 is 1.63 bits per heavy atom. The normalized spacial score (nSPS) is 21.9. The van der Waals surface area contributed by atoms with Gasteiger partial charge in [-0.1, -0.05) is 30.3 Å². The molecule has 1 aliphatic carbocycles. The van der Waals surface area contributed by atoms with Crippen LogP contribution in [-0.2, 0) is 10.0 Å². The average molecular weight is 387 g/mol. The maximum absolute atomic E-state index is 13.3. The summed E-state index contributed by atoms with van der Waals surface area (Å²) in [5, 5.41) is 10.8. The molecule has 27 heavy (non-hydrogen) atoms. The molecule has 1 atom stereocenters. The molecular formula is C19H21N3O4S. The van der Waals surface area contributed by atoms with Crippen molar-refractivity contribution in [3.05, 3.63) is 70.3 Å². The molecule has 1 saturated heterocycles. The van der Waals surface area contributed by atoms with Crippen LogP contribution in [-0.4, -0.2) is 48.2 Å². The third-order valence-corrected chi connectivity index (χ3v) is 7.19. The predicted molar refractivity (Wildman–Crippen MR) is 101 cm³/mol. The Balaban J connectivity index is 1.67. The van der Waals surface area contributed by atoms with Gasteiger partial charge in [0.2, 0.25) is 10.0 Å². The van der Waals surface area contributed by atoms with E-state index in [9.17, 15) is 18.5 Å². The number of sulfonamides is 1. The topological polar surface area (TPSA) is 83.8 Å². The second kappa shape index (κ2) is 7.03.